The molecule has 0 heterocycles. The zero-order chi connectivity index (χ0) is 18.6. The van der Waals surface area contributed by atoms with Gasteiger partial charge in [0.25, 0.3) is 5.91 Å². The summed E-state index contributed by atoms with van der Waals surface area (Å²) in [5.74, 6) is -1.99. The number of carbonyl (C=O) groups is 2. The van der Waals surface area contributed by atoms with Gasteiger partial charge in [-0.25, -0.2) is 9.18 Å². The fourth-order valence-electron chi connectivity index (χ4n) is 2.37. The Morgan fingerprint density at radius 1 is 1.20 bits per heavy atom. The second kappa shape index (κ2) is 7.34. The Morgan fingerprint density at radius 2 is 1.92 bits per heavy atom. The number of methoxy groups -OCH3 is 1. The van der Waals surface area contributed by atoms with Gasteiger partial charge in [-0.2, -0.15) is 0 Å². The lowest BCUT2D eigenvalue weighted by Gasteiger charge is -2.26. The molecule has 0 aromatic heterocycles. The zero-order valence-corrected chi connectivity index (χ0v) is 14.3. The van der Waals surface area contributed by atoms with Crippen LogP contribution in [-0.2, 0) is 5.41 Å². The molecule has 0 bridgehead atoms. The highest BCUT2D eigenvalue weighted by molar-refractivity contribution is 5.96. The van der Waals surface area contributed by atoms with E-state index in [4.69, 9.17) is 9.84 Å². The Bertz CT molecular complexity index is 802. The number of aromatic carboxylic acids is 1. The number of benzene rings is 2. The summed E-state index contributed by atoms with van der Waals surface area (Å²) in [7, 11) is 1.58. The molecule has 0 fully saturated rings. The van der Waals surface area contributed by atoms with Gasteiger partial charge in [0.15, 0.2) is 0 Å². The molecule has 0 unspecified atom stereocenters. The van der Waals surface area contributed by atoms with Gasteiger partial charge in [-0.05, 0) is 35.9 Å². The molecule has 2 N–H and O–H groups in total. The van der Waals surface area contributed by atoms with Crippen molar-refractivity contribution in [1.82, 2.24) is 5.32 Å². The fraction of sp³-hybridized carbons (Fsp3) is 0.263. The average molecular weight is 345 g/mol. The number of ether oxygens (including phenoxy) is 1. The fourth-order valence-corrected chi connectivity index (χ4v) is 2.37. The molecule has 2 rings (SSSR count). The molecule has 0 saturated heterocycles. The smallest absolute Gasteiger partial charge is 0.335 e. The SMILES string of the molecule is COc1cccc(C(C)(C)CNC(=O)c2ccc(C(=O)O)cc2F)c1. The van der Waals surface area contributed by atoms with E-state index in [2.05, 4.69) is 5.32 Å². The number of amides is 1. The molecule has 0 aliphatic rings. The van der Waals surface area contributed by atoms with Crippen molar-refractivity contribution in [2.75, 3.05) is 13.7 Å². The minimum absolute atomic E-state index is 0.188. The summed E-state index contributed by atoms with van der Waals surface area (Å²) in [6.07, 6.45) is 0. The van der Waals surface area contributed by atoms with E-state index < -0.39 is 23.1 Å². The van der Waals surface area contributed by atoms with Crippen LogP contribution in [0.2, 0.25) is 0 Å². The number of carbonyl (C=O) groups excluding carboxylic acids is 1. The summed E-state index contributed by atoms with van der Waals surface area (Å²) < 4.78 is 19.2. The van der Waals surface area contributed by atoms with Gasteiger partial charge in [0.05, 0.1) is 18.2 Å². The van der Waals surface area contributed by atoms with Gasteiger partial charge in [0.2, 0.25) is 0 Å². The first kappa shape index (κ1) is 18.4. The van der Waals surface area contributed by atoms with Crippen LogP contribution in [-0.4, -0.2) is 30.6 Å². The second-order valence-corrected chi connectivity index (χ2v) is 6.30. The number of halogens is 1. The predicted octanol–water partition coefficient (Wildman–Crippen LogP) is 3.24. The van der Waals surface area contributed by atoms with Crippen molar-refractivity contribution < 1.29 is 23.8 Å². The van der Waals surface area contributed by atoms with Gasteiger partial charge in [0, 0.05) is 12.0 Å². The minimum Gasteiger partial charge on any atom is -0.497 e. The van der Waals surface area contributed by atoms with Gasteiger partial charge in [0.1, 0.15) is 11.6 Å². The average Bonchev–Trinajstić information content (AvgIpc) is 2.59. The van der Waals surface area contributed by atoms with Crippen LogP contribution >= 0.6 is 0 Å². The standard InChI is InChI=1S/C19H20FNO4/c1-19(2,13-5-4-6-14(10-13)25-3)11-21-17(22)15-8-7-12(18(23)24)9-16(15)20/h4-10H,11H2,1-3H3,(H,21,22)(H,23,24). The molecule has 5 nitrogen and oxygen atoms in total. The van der Waals surface area contributed by atoms with Gasteiger partial charge >= 0.3 is 5.97 Å². The van der Waals surface area contributed by atoms with Crippen LogP contribution in [0.25, 0.3) is 0 Å². The summed E-state index contributed by atoms with van der Waals surface area (Å²) in [6.45, 7) is 4.18. The summed E-state index contributed by atoms with van der Waals surface area (Å²) in [6, 6.07) is 10.7. The lowest BCUT2D eigenvalue weighted by molar-refractivity contribution is 0.0695. The third kappa shape index (κ3) is 4.35. The Balaban J connectivity index is 2.11. The van der Waals surface area contributed by atoms with Crippen molar-refractivity contribution >= 4 is 11.9 Å². The minimum atomic E-state index is -1.25. The van der Waals surface area contributed by atoms with Crippen molar-refractivity contribution in [1.29, 1.82) is 0 Å². The molecule has 2 aromatic carbocycles. The lowest BCUT2D eigenvalue weighted by Crippen LogP contribution is -2.37. The Hall–Kier alpha value is -2.89. The maximum absolute atomic E-state index is 14.0. The molecule has 0 radical (unpaired) electrons. The van der Waals surface area contributed by atoms with E-state index in [0.29, 0.717) is 5.75 Å². The largest absolute Gasteiger partial charge is 0.497 e. The van der Waals surface area contributed by atoms with Crippen LogP contribution in [0.3, 0.4) is 0 Å². The molecule has 132 valence electrons. The van der Waals surface area contributed by atoms with E-state index in [9.17, 15) is 14.0 Å². The Morgan fingerprint density at radius 3 is 2.52 bits per heavy atom. The molecule has 1 amide bonds. The monoisotopic (exact) mass is 345 g/mol. The zero-order valence-electron chi connectivity index (χ0n) is 14.3. The molecule has 25 heavy (non-hydrogen) atoms. The highest BCUT2D eigenvalue weighted by atomic mass is 19.1. The van der Waals surface area contributed by atoms with E-state index in [0.717, 1.165) is 11.6 Å². The van der Waals surface area contributed by atoms with E-state index in [1.807, 2.05) is 38.1 Å². The Labute approximate surface area is 145 Å². The van der Waals surface area contributed by atoms with E-state index in [1.54, 1.807) is 7.11 Å². The third-order valence-electron chi connectivity index (χ3n) is 4.00. The molecule has 2 aromatic rings. The molecule has 0 spiro atoms. The van der Waals surface area contributed by atoms with Gasteiger partial charge in [-0.1, -0.05) is 26.0 Å². The first-order chi connectivity index (χ1) is 11.7. The normalized spacial score (nSPS) is 11.0. The highest BCUT2D eigenvalue weighted by Gasteiger charge is 2.23. The number of hydrogen-bond donors (Lipinski definition) is 2. The summed E-state index contributed by atoms with van der Waals surface area (Å²) in [4.78, 5) is 23.0. The van der Waals surface area contributed by atoms with Crippen molar-refractivity contribution in [2.45, 2.75) is 19.3 Å². The van der Waals surface area contributed by atoms with Gasteiger partial charge < -0.3 is 15.2 Å². The first-order valence-corrected chi connectivity index (χ1v) is 7.70. The van der Waals surface area contributed by atoms with Crippen LogP contribution in [0.4, 0.5) is 4.39 Å². The summed E-state index contributed by atoms with van der Waals surface area (Å²) >= 11 is 0. The second-order valence-electron chi connectivity index (χ2n) is 6.30. The maximum Gasteiger partial charge on any atom is 0.335 e. The van der Waals surface area contributed by atoms with Crippen molar-refractivity contribution in [3.05, 3.63) is 65.0 Å². The van der Waals surface area contributed by atoms with Crippen molar-refractivity contribution in [3.63, 3.8) is 0 Å². The molecule has 0 saturated carbocycles. The van der Waals surface area contributed by atoms with Gasteiger partial charge in [-0.15, -0.1) is 0 Å². The third-order valence-corrected chi connectivity index (χ3v) is 4.00. The number of rotatable bonds is 6. The number of hydrogen-bond acceptors (Lipinski definition) is 3. The van der Waals surface area contributed by atoms with Crippen LogP contribution in [0.1, 0.15) is 40.1 Å². The van der Waals surface area contributed by atoms with Crippen LogP contribution in [0.5, 0.6) is 5.75 Å². The van der Waals surface area contributed by atoms with Crippen molar-refractivity contribution in [3.8, 4) is 5.75 Å². The highest BCUT2D eigenvalue weighted by Crippen LogP contribution is 2.26. The summed E-state index contributed by atoms with van der Waals surface area (Å²) in [5, 5.41) is 11.5. The molecule has 0 aliphatic carbocycles. The lowest BCUT2D eigenvalue weighted by atomic mass is 9.84. The van der Waals surface area contributed by atoms with Crippen molar-refractivity contribution in [2.24, 2.45) is 0 Å². The molecular weight excluding hydrogens is 325 g/mol. The summed E-state index contributed by atoms with van der Waals surface area (Å²) in [5.41, 5.74) is 0.174. The van der Waals surface area contributed by atoms with Crippen LogP contribution in [0, 0.1) is 5.82 Å². The van der Waals surface area contributed by atoms with E-state index in [-0.39, 0.29) is 17.7 Å². The van der Waals surface area contributed by atoms with Crippen LogP contribution in [0.15, 0.2) is 42.5 Å². The van der Waals surface area contributed by atoms with E-state index >= 15 is 0 Å². The first-order valence-electron chi connectivity index (χ1n) is 7.70. The van der Waals surface area contributed by atoms with E-state index in [1.165, 1.54) is 12.1 Å². The quantitative estimate of drug-likeness (QED) is 0.843. The van der Waals surface area contributed by atoms with Crippen LogP contribution < -0.4 is 10.1 Å². The number of nitrogens with one attached hydrogen (secondary N) is 1. The molecule has 6 heteroatoms. The maximum atomic E-state index is 14.0. The number of carboxylic acid groups (broad SMARTS) is 1. The Kier molecular flexibility index (Phi) is 5.41. The number of carboxylic acids is 1. The topological polar surface area (TPSA) is 75.6 Å². The molecule has 0 atom stereocenters. The van der Waals surface area contributed by atoms with Gasteiger partial charge in [-0.3, -0.25) is 4.79 Å². The predicted molar refractivity (Wildman–Crippen MR) is 91.7 cm³/mol. The molecule has 0 aliphatic heterocycles. The molecular formula is C19H20FNO4.